The maximum absolute atomic E-state index is 12.0. The summed E-state index contributed by atoms with van der Waals surface area (Å²) in [7, 11) is 0. The molecule has 1 rings (SSSR count). The van der Waals surface area contributed by atoms with Crippen molar-refractivity contribution in [3.63, 3.8) is 0 Å². The third kappa shape index (κ3) is 2.10. The summed E-state index contributed by atoms with van der Waals surface area (Å²) < 4.78 is 35.9. The van der Waals surface area contributed by atoms with E-state index in [1.54, 1.807) is 0 Å². The van der Waals surface area contributed by atoms with Gasteiger partial charge in [0, 0.05) is 6.07 Å². The van der Waals surface area contributed by atoms with Crippen molar-refractivity contribution in [2.45, 2.75) is 6.18 Å². The topological polar surface area (TPSA) is 33.1 Å². The number of hydrogen-bond donors (Lipinski definition) is 1. The largest absolute Gasteiger partial charge is 0.493 e. The predicted octanol–water partition coefficient (Wildman–Crippen LogP) is 2.57. The van der Waals surface area contributed by atoms with Crippen molar-refractivity contribution >= 4 is 15.9 Å². The molecule has 0 bridgehead atoms. The highest BCUT2D eigenvalue weighted by molar-refractivity contribution is 9.10. The number of rotatable bonds is 0. The fraction of sp³-hybridized carbons (Fsp3) is 0.167. The molecule has 0 amide bonds. The van der Waals surface area contributed by atoms with Crippen LogP contribution >= 0.6 is 15.9 Å². The molecule has 0 spiro atoms. The lowest BCUT2D eigenvalue weighted by atomic mass is 10.2. The van der Waals surface area contributed by atoms with Gasteiger partial charge in [-0.25, -0.2) is 4.98 Å². The number of pyridine rings is 1. The van der Waals surface area contributed by atoms with Gasteiger partial charge in [-0.3, -0.25) is 0 Å². The van der Waals surface area contributed by atoms with Crippen molar-refractivity contribution in [1.82, 2.24) is 4.98 Å². The summed E-state index contributed by atoms with van der Waals surface area (Å²) in [6.07, 6.45) is -4.46. The van der Waals surface area contributed by atoms with Crippen LogP contribution in [0.3, 0.4) is 0 Å². The smallest absolute Gasteiger partial charge is 0.416 e. The Morgan fingerprint density at radius 3 is 2.33 bits per heavy atom. The maximum Gasteiger partial charge on any atom is 0.416 e. The minimum Gasteiger partial charge on any atom is -0.493 e. The number of hydrogen-bond acceptors (Lipinski definition) is 2. The van der Waals surface area contributed by atoms with Crippen LogP contribution in [0.2, 0.25) is 0 Å². The van der Waals surface area contributed by atoms with Crippen LogP contribution in [-0.4, -0.2) is 10.1 Å². The minimum atomic E-state index is -4.46. The van der Waals surface area contributed by atoms with Gasteiger partial charge in [0.05, 0.1) is 5.56 Å². The predicted molar refractivity (Wildman–Crippen MR) is 38.6 cm³/mol. The Labute approximate surface area is 74.2 Å². The molecular weight excluding hydrogens is 239 g/mol. The number of aromatic nitrogens is 1. The molecule has 1 heterocycles. The molecule has 2 nitrogen and oxygen atoms in total. The van der Waals surface area contributed by atoms with E-state index in [1.807, 2.05) is 0 Å². The fourth-order valence-electron chi connectivity index (χ4n) is 0.647. The molecule has 12 heavy (non-hydrogen) atoms. The molecule has 0 saturated heterocycles. The van der Waals surface area contributed by atoms with Crippen LogP contribution in [0.25, 0.3) is 0 Å². The summed E-state index contributed by atoms with van der Waals surface area (Å²) in [5.41, 5.74) is -0.929. The van der Waals surface area contributed by atoms with E-state index in [-0.39, 0.29) is 4.60 Å². The van der Waals surface area contributed by atoms with Crippen LogP contribution in [0.4, 0.5) is 13.2 Å². The van der Waals surface area contributed by atoms with E-state index in [1.165, 1.54) is 0 Å². The molecule has 66 valence electrons. The second kappa shape index (κ2) is 2.93. The van der Waals surface area contributed by atoms with Gasteiger partial charge >= 0.3 is 6.18 Å². The summed E-state index contributed by atoms with van der Waals surface area (Å²) in [5.74, 6) is -0.656. The summed E-state index contributed by atoms with van der Waals surface area (Å²) in [5, 5.41) is 8.72. The SMILES string of the molecule is Oc1cc(C(F)(F)F)cc(Br)n1. The Balaban J connectivity index is 3.18. The van der Waals surface area contributed by atoms with Gasteiger partial charge in [-0.2, -0.15) is 13.2 Å². The lowest BCUT2D eigenvalue weighted by molar-refractivity contribution is -0.137. The van der Waals surface area contributed by atoms with E-state index in [9.17, 15) is 13.2 Å². The van der Waals surface area contributed by atoms with Gasteiger partial charge in [0.2, 0.25) is 5.88 Å². The van der Waals surface area contributed by atoms with Crippen LogP contribution in [0.1, 0.15) is 5.56 Å². The fourth-order valence-corrected chi connectivity index (χ4v) is 1.08. The van der Waals surface area contributed by atoms with Gasteiger partial charge in [-0.05, 0) is 22.0 Å². The Kier molecular flexibility index (Phi) is 2.27. The third-order valence-corrected chi connectivity index (χ3v) is 1.51. The molecule has 1 aromatic heterocycles. The van der Waals surface area contributed by atoms with Gasteiger partial charge in [-0.15, -0.1) is 0 Å². The molecule has 6 heteroatoms. The highest BCUT2D eigenvalue weighted by Gasteiger charge is 2.31. The Morgan fingerprint density at radius 1 is 1.33 bits per heavy atom. The Hall–Kier alpha value is -0.780. The molecule has 1 aromatic rings. The summed E-state index contributed by atoms with van der Waals surface area (Å²) in [6.45, 7) is 0. The molecule has 0 aliphatic rings. The van der Waals surface area contributed by atoms with E-state index in [0.29, 0.717) is 6.07 Å². The van der Waals surface area contributed by atoms with Crippen molar-refractivity contribution in [2.75, 3.05) is 0 Å². The lowest BCUT2D eigenvalue weighted by Gasteiger charge is -2.06. The highest BCUT2D eigenvalue weighted by atomic mass is 79.9. The van der Waals surface area contributed by atoms with Crippen molar-refractivity contribution in [3.8, 4) is 5.88 Å². The monoisotopic (exact) mass is 241 g/mol. The molecule has 0 radical (unpaired) electrons. The van der Waals surface area contributed by atoms with Crippen LogP contribution in [0.15, 0.2) is 16.7 Å². The van der Waals surface area contributed by atoms with Crippen molar-refractivity contribution in [1.29, 1.82) is 0 Å². The van der Waals surface area contributed by atoms with Crippen molar-refractivity contribution in [2.24, 2.45) is 0 Å². The average molecular weight is 242 g/mol. The standard InChI is InChI=1S/C6H3BrF3NO/c7-4-1-3(6(8,9)10)2-5(12)11-4/h1-2H,(H,11,12). The Morgan fingerprint density at radius 2 is 1.92 bits per heavy atom. The van der Waals surface area contributed by atoms with E-state index >= 15 is 0 Å². The quantitative estimate of drug-likeness (QED) is 0.709. The third-order valence-electron chi connectivity index (χ3n) is 1.11. The van der Waals surface area contributed by atoms with Gasteiger partial charge in [0.25, 0.3) is 0 Å². The normalized spacial score (nSPS) is 11.7. The summed E-state index contributed by atoms with van der Waals surface area (Å²) in [6, 6.07) is 1.35. The number of alkyl halides is 3. The van der Waals surface area contributed by atoms with E-state index in [2.05, 4.69) is 20.9 Å². The molecular formula is C6H3BrF3NO. The highest BCUT2D eigenvalue weighted by Crippen LogP contribution is 2.32. The van der Waals surface area contributed by atoms with Crippen molar-refractivity contribution in [3.05, 3.63) is 22.3 Å². The van der Waals surface area contributed by atoms with Gasteiger partial charge in [-0.1, -0.05) is 0 Å². The van der Waals surface area contributed by atoms with Crippen LogP contribution in [0.5, 0.6) is 5.88 Å². The zero-order chi connectivity index (χ0) is 9.35. The minimum absolute atomic E-state index is 0.0465. The molecule has 0 aliphatic heterocycles. The number of aromatic hydroxyl groups is 1. The van der Waals surface area contributed by atoms with Crippen LogP contribution in [-0.2, 0) is 6.18 Å². The molecule has 1 N–H and O–H groups in total. The summed E-state index contributed by atoms with van der Waals surface area (Å²) in [4.78, 5) is 3.32. The molecule has 0 fully saturated rings. The number of nitrogens with zero attached hydrogens (tertiary/aromatic N) is 1. The second-order valence-electron chi connectivity index (χ2n) is 2.03. The zero-order valence-electron chi connectivity index (χ0n) is 5.56. The molecule has 0 saturated carbocycles. The van der Waals surface area contributed by atoms with Crippen LogP contribution < -0.4 is 0 Å². The first-order valence-electron chi connectivity index (χ1n) is 2.83. The zero-order valence-corrected chi connectivity index (χ0v) is 7.15. The number of halogens is 4. The average Bonchev–Trinajstić information content (AvgIpc) is 1.82. The first-order valence-corrected chi connectivity index (χ1v) is 3.62. The lowest BCUT2D eigenvalue weighted by Crippen LogP contribution is -2.04. The first kappa shape index (κ1) is 9.31. The van der Waals surface area contributed by atoms with E-state index in [4.69, 9.17) is 5.11 Å². The second-order valence-corrected chi connectivity index (χ2v) is 2.85. The first-order chi connectivity index (χ1) is 5.39. The van der Waals surface area contributed by atoms with Crippen LogP contribution in [0, 0.1) is 0 Å². The summed E-state index contributed by atoms with van der Waals surface area (Å²) >= 11 is 2.73. The molecule has 0 atom stereocenters. The van der Waals surface area contributed by atoms with Gasteiger partial charge in [0.1, 0.15) is 4.60 Å². The molecule has 0 aromatic carbocycles. The van der Waals surface area contributed by atoms with Gasteiger partial charge in [0.15, 0.2) is 0 Å². The molecule has 0 unspecified atom stereocenters. The van der Waals surface area contributed by atoms with Crippen molar-refractivity contribution < 1.29 is 18.3 Å². The Bertz CT molecular complexity index is 279. The van der Waals surface area contributed by atoms with Gasteiger partial charge < -0.3 is 5.11 Å². The van der Waals surface area contributed by atoms with E-state index < -0.39 is 17.6 Å². The maximum atomic E-state index is 12.0. The van der Waals surface area contributed by atoms with E-state index in [0.717, 1.165) is 6.07 Å². The molecule has 0 aliphatic carbocycles.